The van der Waals surface area contributed by atoms with Crippen LogP contribution in [0.1, 0.15) is 11.1 Å². The molecule has 0 saturated carbocycles. The average Bonchev–Trinajstić information content (AvgIpc) is 2.68. The molecule has 0 heterocycles. The van der Waals surface area contributed by atoms with Gasteiger partial charge in [0.15, 0.2) is 9.84 Å². The fraction of sp³-hybridized carbons (Fsp3) is 0.0500. The highest BCUT2D eigenvalue weighted by molar-refractivity contribution is 7.95. The van der Waals surface area contributed by atoms with Gasteiger partial charge in [-0.05, 0) is 42.5 Å². The molecule has 3 rings (SSSR count). The van der Waals surface area contributed by atoms with Crippen LogP contribution in [-0.4, -0.2) is 28.8 Å². The number of anilines is 2. The lowest BCUT2D eigenvalue weighted by Crippen LogP contribution is -2.42. The van der Waals surface area contributed by atoms with E-state index in [2.05, 4.69) is 4.72 Å². The van der Waals surface area contributed by atoms with E-state index >= 15 is 0 Å². The molecule has 0 unspecified atom stereocenters. The first-order valence-corrected chi connectivity index (χ1v) is 12.1. The quantitative estimate of drug-likeness (QED) is 0.373. The van der Waals surface area contributed by atoms with Gasteiger partial charge in [0.2, 0.25) is 5.71 Å². The first-order chi connectivity index (χ1) is 14.4. The topological polar surface area (TPSA) is 132 Å². The molecule has 31 heavy (non-hydrogen) atoms. The van der Waals surface area contributed by atoms with Crippen LogP contribution in [0, 0.1) is 11.6 Å². The normalized spacial score (nSPS) is 11.8. The van der Waals surface area contributed by atoms with Gasteiger partial charge < -0.3 is 5.73 Å². The van der Waals surface area contributed by atoms with Crippen LogP contribution in [0.2, 0.25) is 0 Å². The molecule has 11 heteroatoms. The number of hydrogen-bond donors (Lipinski definition) is 3. The van der Waals surface area contributed by atoms with E-state index in [1.165, 1.54) is 36.4 Å². The number of nitrogens with two attached hydrogens (primary N) is 2. The van der Waals surface area contributed by atoms with E-state index in [9.17, 15) is 25.6 Å². The molecule has 0 saturated heterocycles. The summed E-state index contributed by atoms with van der Waals surface area (Å²) in [6.45, 7) is 0. The summed E-state index contributed by atoms with van der Waals surface area (Å²) in [7, 11) is -8.12. The predicted molar refractivity (Wildman–Crippen MR) is 113 cm³/mol. The van der Waals surface area contributed by atoms with E-state index < -0.39 is 36.4 Å². The SMILES string of the molecule is CS(=O)(=O)c1ccccc1S(=O)(=O)Nc1ccc(N)c(C(=[NH2+])c2ccc(F)cc2F)c1. The van der Waals surface area contributed by atoms with Crippen LogP contribution in [0.15, 0.2) is 70.5 Å². The Balaban J connectivity index is 2.02. The summed E-state index contributed by atoms with van der Waals surface area (Å²) < 4.78 is 79.2. The number of nitrogens with one attached hydrogen (secondary N) is 1. The number of sulfonamides is 1. The molecule has 3 aromatic rings. The van der Waals surface area contributed by atoms with Crippen molar-refractivity contribution in [2.45, 2.75) is 9.79 Å². The lowest BCUT2D eigenvalue weighted by molar-refractivity contribution is -0.111. The molecular formula is C20H18F2N3O4S2+. The number of hydrogen-bond acceptors (Lipinski definition) is 5. The molecule has 0 fully saturated rings. The van der Waals surface area contributed by atoms with Gasteiger partial charge in [-0.2, -0.15) is 0 Å². The zero-order valence-electron chi connectivity index (χ0n) is 16.1. The highest BCUT2D eigenvalue weighted by Crippen LogP contribution is 2.26. The van der Waals surface area contributed by atoms with Gasteiger partial charge in [0.05, 0.1) is 16.0 Å². The molecule has 0 radical (unpaired) electrons. The molecule has 3 aromatic carbocycles. The van der Waals surface area contributed by atoms with Gasteiger partial charge in [0.25, 0.3) is 10.0 Å². The van der Waals surface area contributed by atoms with Crippen molar-refractivity contribution in [2.75, 3.05) is 16.7 Å². The average molecular weight is 467 g/mol. The number of rotatable bonds is 6. The van der Waals surface area contributed by atoms with Gasteiger partial charge in [-0.25, -0.2) is 25.6 Å². The summed E-state index contributed by atoms with van der Waals surface area (Å²) in [4.78, 5) is -0.796. The highest BCUT2D eigenvalue weighted by Gasteiger charge is 2.25. The Morgan fingerprint density at radius 3 is 2.16 bits per heavy atom. The number of sulfone groups is 1. The minimum Gasteiger partial charge on any atom is -0.398 e. The van der Waals surface area contributed by atoms with Crippen molar-refractivity contribution < 1.29 is 31.0 Å². The largest absolute Gasteiger partial charge is 0.398 e. The summed E-state index contributed by atoms with van der Waals surface area (Å²) in [5.41, 5.74) is 5.91. The second kappa shape index (κ2) is 8.08. The predicted octanol–water partition coefficient (Wildman–Crippen LogP) is 1.35. The Labute approximate surface area is 178 Å². The fourth-order valence-electron chi connectivity index (χ4n) is 2.89. The smallest absolute Gasteiger partial charge is 0.263 e. The lowest BCUT2D eigenvalue weighted by Gasteiger charge is -2.13. The third kappa shape index (κ3) is 4.72. The fourth-order valence-corrected chi connectivity index (χ4v) is 5.57. The van der Waals surface area contributed by atoms with E-state index in [-0.39, 0.29) is 33.1 Å². The molecule has 0 spiro atoms. The summed E-state index contributed by atoms with van der Waals surface area (Å²) in [5, 5.41) is 6.01. The number of halogens is 2. The van der Waals surface area contributed by atoms with Crippen LogP contribution in [0.4, 0.5) is 20.2 Å². The van der Waals surface area contributed by atoms with E-state index in [1.54, 1.807) is 0 Å². The van der Waals surface area contributed by atoms with Gasteiger partial charge in [0.1, 0.15) is 16.5 Å². The molecule has 162 valence electrons. The van der Waals surface area contributed by atoms with Crippen molar-refractivity contribution in [1.29, 1.82) is 0 Å². The van der Waals surface area contributed by atoms with Crippen molar-refractivity contribution >= 4 is 36.9 Å². The third-order valence-electron chi connectivity index (χ3n) is 4.36. The molecule has 7 nitrogen and oxygen atoms in total. The zero-order valence-corrected chi connectivity index (χ0v) is 17.8. The van der Waals surface area contributed by atoms with Crippen LogP contribution in [-0.2, 0) is 19.9 Å². The van der Waals surface area contributed by atoms with E-state index in [1.807, 2.05) is 0 Å². The summed E-state index contributed by atoms with van der Waals surface area (Å²) >= 11 is 0. The Kier molecular flexibility index (Phi) is 5.83. The molecule has 0 aliphatic carbocycles. The van der Waals surface area contributed by atoms with Crippen LogP contribution in [0.5, 0.6) is 0 Å². The van der Waals surface area contributed by atoms with Crippen LogP contribution in [0.3, 0.4) is 0 Å². The van der Waals surface area contributed by atoms with Crippen LogP contribution in [0.25, 0.3) is 0 Å². The van der Waals surface area contributed by atoms with Crippen molar-refractivity contribution in [3.05, 3.63) is 83.4 Å². The maximum Gasteiger partial charge on any atom is 0.263 e. The van der Waals surface area contributed by atoms with Crippen molar-refractivity contribution in [2.24, 2.45) is 0 Å². The minimum absolute atomic E-state index is 0.0120. The van der Waals surface area contributed by atoms with Crippen molar-refractivity contribution in [3.8, 4) is 0 Å². The molecule has 0 amide bonds. The van der Waals surface area contributed by atoms with Gasteiger partial charge in [-0.15, -0.1) is 0 Å². The zero-order chi connectivity index (χ0) is 23.0. The first-order valence-electron chi connectivity index (χ1n) is 8.70. The molecule has 0 aliphatic heterocycles. The molecule has 0 aromatic heterocycles. The first kappa shape index (κ1) is 22.4. The Morgan fingerprint density at radius 1 is 0.903 bits per heavy atom. The van der Waals surface area contributed by atoms with Gasteiger partial charge >= 0.3 is 0 Å². The second-order valence-corrected chi connectivity index (χ2v) is 10.3. The Bertz CT molecular complexity index is 1410. The van der Waals surface area contributed by atoms with Gasteiger partial charge in [0, 0.05) is 23.7 Å². The van der Waals surface area contributed by atoms with E-state index in [0.717, 1.165) is 24.5 Å². The molecular weight excluding hydrogens is 448 g/mol. The summed E-state index contributed by atoms with van der Waals surface area (Å²) in [6, 6.07) is 11.9. The summed E-state index contributed by atoms with van der Waals surface area (Å²) in [5.74, 6) is -1.70. The molecule has 5 N–H and O–H groups in total. The molecule has 0 atom stereocenters. The Hall–Kier alpha value is -3.31. The van der Waals surface area contributed by atoms with E-state index in [0.29, 0.717) is 6.07 Å². The molecule has 0 aliphatic rings. The highest BCUT2D eigenvalue weighted by atomic mass is 32.2. The van der Waals surface area contributed by atoms with Crippen molar-refractivity contribution in [1.82, 2.24) is 0 Å². The maximum absolute atomic E-state index is 14.1. The monoisotopic (exact) mass is 466 g/mol. The molecule has 0 bridgehead atoms. The third-order valence-corrected chi connectivity index (χ3v) is 7.08. The minimum atomic E-state index is -4.30. The van der Waals surface area contributed by atoms with Gasteiger partial charge in [-0.1, -0.05) is 12.1 Å². The van der Waals surface area contributed by atoms with Crippen LogP contribution >= 0.6 is 0 Å². The Morgan fingerprint density at radius 2 is 1.55 bits per heavy atom. The summed E-state index contributed by atoms with van der Waals surface area (Å²) in [6.07, 6.45) is 0.898. The van der Waals surface area contributed by atoms with Crippen LogP contribution < -0.4 is 15.9 Å². The van der Waals surface area contributed by atoms with Crippen molar-refractivity contribution in [3.63, 3.8) is 0 Å². The maximum atomic E-state index is 14.1. The van der Waals surface area contributed by atoms with E-state index in [4.69, 9.17) is 11.1 Å². The number of benzene rings is 3. The standard InChI is InChI=1S/C20H17F2N3O4S2/c1-30(26,27)18-4-2-3-5-19(18)31(28,29)25-13-7-9-17(23)15(11-13)20(24)14-8-6-12(21)10-16(14)22/h2-11,24-25H,23H2,1H3/p+1. The van der Waals surface area contributed by atoms with Gasteiger partial charge in [-0.3, -0.25) is 10.1 Å². The second-order valence-electron chi connectivity index (χ2n) is 6.66. The lowest BCUT2D eigenvalue weighted by atomic mass is 10.00. The number of nitrogen functional groups attached to an aromatic ring is 1.